The number of carbonyl (C=O) groups excluding carboxylic acids is 1. The summed E-state index contributed by atoms with van der Waals surface area (Å²) in [5.41, 5.74) is 1.75. The molecule has 0 bridgehead atoms. The zero-order chi connectivity index (χ0) is 19.0. The molecule has 0 atom stereocenters. The molecule has 1 aromatic carbocycles. The van der Waals surface area contributed by atoms with Crippen molar-refractivity contribution >= 4 is 11.9 Å². The predicted molar refractivity (Wildman–Crippen MR) is 104 cm³/mol. The molecule has 0 radical (unpaired) electrons. The lowest BCUT2D eigenvalue weighted by atomic mass is 10.1. The highest BCUT2D eigenvalue weighted by atomic mass is 16.2. The van der Waals surface area contributed by atoms with E-state index in [1.807, 2.05) is 68.9 Å². The van der Waals surface area contributed by atoms with E-state index in [-0.39, 0.29) is 18.0 Å². The van der Waals surface area contributed by atoms with Crippen LogP contribution in [0, 0.1) is 0 Å². The molecule has 3 N–H and O–H groups in total. The molecule has 2 rings (SSSR count). The molecule has 0 aliphatic rings. The Bertz CT molecular complexity index is 730. The maximum Gasteiger partial charge on any atom is 0.239 e. The van der Waals surface area contributed by atoms with Gasteiger partial charge in [0.05, 0.1) is 25.0 Å². The zero-order valence-electron chi connectivity index (χ0n) is 15.9. The lowest BCUT2D eigenvalue weighted by Gasteiger charge is -2.21. The molecule has 0 saturated carbocycles. The van der Waals surface area contributed by atoms with E-state index in [2.05, 4.69) is 26.0 Å². The third-order valence-electron chi connectivity index (χ3n) is 3.35. The fraction of sp³-hybridized carbons (Fsp3) is 0.421. The van der Waals surface area contributed by atoms with Crippen LogP contribution in [-0.2, 0) is 11.3 Å². The first-order valence-corrected chi connectivity index (χ1v) is 8.79. The van der Waals surface area contributed by atoms with Crippen molar-refractivity contribution in [2.75, 3.05) is 13.1 Å². The van der Waals surface area contributed by atoms with E-state index in [0.29, 0.717) is 12.5 Å². The Morgan fingerprint density at radius 3 is 2.58 bits per heavy atom. The Hall–Kier alpha value is -2.83. The monoisotopic (exact) mass is 356 g/mol. The first-order chi connectivity index (χ1) is 12.4. The summed E-state index contributed by atoms with van der Waals surface area (Å²) >= 11 is 0. The molecule has 0 saturated heterocycles. The standard InChI is InChI=1S/C19H28N6O/c1-5-20-18(22-13-17(26)24-19(2,3)4)21-11-15-12-23-25(14-15)16-9-7-6-8-10-16/h6-10,12,14H,5,11,13H2,1-4H3,(H,24,26)(H2,20,21,22). The number of benzene rings is 1. The van der Waals surface area contributed by atoms with Crippen LogP contribution in [0.1, 0.15) is 33.3 Å². The van der Waals surface area contributed by atoms with Gasteiger partial charge in [-0.25, -0.2) is 9.67 Å². The number of nitrogens with zero attached hydrogens (tertiary/aromatic N) is 3. The molecule has 2 aromatic rings. The lowest BCUT2D eigenvalue weighted by Crippen LogP contribution is -2.48. The van der Waals surface area contributed by atoms with Gasteiger partial charge >= 0.3 is 0 Å². The van der Waals surface area contributed by atoms with Gasteiger partial charge in [0.15, 0.2) is 5.96 Å². The molecule has 0 aliphatic heterocycles. The van der Waals surface area contributed by atoms with Crippen LogP contribution < -0.4 is 16.0 Å². The smallest absolute Gasteiger partial charge is 0.239 e. The van der Waals surface area contributed by atoms with Gasteiger partial charge in [-0.05, 0) is 39.8 Å². The average molecular weight is 356 g/mol. The predicted octanol–water partition coefficient (Wildman–Crippen LogP) is 1.84. The Kier molecular flexibility index (Phi) is 6.77. The number of aromatic nitrogens is 2. The normalized spacial score (nSPS) is 11.9. The van der Waals surface area contributed by atoms with Crippen LogP contribution >= 0.6 is 0 Å². The van der Waals surface area contributed by atoms with E-state index in [0.717, 1.165) is 17.8 Å². The largest absolute Gasteiger partial charge is 0.357 e. The second kappa shape index (κ2) is 9.03. The van der Waals surface area contributed by atoms with Gasteiger partial charge < -0.3 is 16.0 Å². The summed E-state index contributed by atoms with van der Waals surface area (Å²) in [6.45, 7) is 9.21. The Labute approximate surface area is 154 Å². The van der Waals surface area contributed by atoms with Gasteiger partial charge in [0, 0.05) is 23.8 Å². The van der Waals surface area contributed by atoms with Gasteiger partial charge in [0.25, 0.3) is 0 Å². The minimum Gasteiger partial charge on any atom is -0.357 e. The number of para-hydroxylation sites is 1. The highest BCUT2D eigenvalue weighted by Gasteiger charge is 2.13. The summed E-state index contributed by atoms with van der Waals surface area (Å²) in [6.07, 6.45) is 3.75. The summed E-state index contributed by atoms with van der Waals surface area (Å²) < 4.78 is 1.82. The van der Waals surface area contributed by atoms with Crippen molar-refractivity contribution < 1.29 is 4.79 Å². The molecule has 7 heteroatoms. The van der Waals surface area contributed by atoms with Crippen molar-refractivity contribution in [2.45, 2.75) is 39.8 Å². The maximum atomic E-state index is 11.9. The highest BCUT2D eigenvalue weighted by molar-refractivity contribution is 5.86. The van der Waals surface area contributed by atoms with Gasteiger partial charge in [-0.2, -0.15) is 5.10 Å². The van der Waals surface area contributed by atoms with Crippen molar-refractivity contribution in [3.05, 3.63) is 48.3 Å². The minimum absolute atomic E-state index is 0.0694. The number of carbonyl (C=O) groups is 1. The van der Waals surface area contributed by atoms with Gasteiger partial charge in [0.1, 0.15) is 0 Å². The molecule has 140 valence electrons. The molecular formula is C19H28N6O. The molecular weight excluding hydrogens is 328 g/mol. The zero-order valence-corrected chi connectivity index (χ0v) is 15.9. The van der Waals surface area contributed by atoms with Gasteiger partial charge in [-0.1, -0.05) is 18.2 Å². The molecule has 1 heterocycles. The van der Waals surface area contributed by atoms with Crippen molar-refractivity contribution in [1.29, 1.82) is 0 Å². The van der Waals surface area contributed by atoms with Crippen LogP contribution in [-0.4, -0.2) is 40.3 Å². The number of amides is 1. The second-order valence-electron chi connectivity index (χ2n) is 6.98. The SMILES string of the molecule is CCNC(=NCc1cnn(-c2ccccc2)c1)NCC(=O)NC(C)(C)C. The van der Waals surface area contributed by atoms with E-state index < -0.39 is 0 Å². The summed E-state index contributed by atoms with van der Waals surface area (Å²) in [7, 11) is 0. The molecule has 0 unspecified atom stereocenters. The first kappa shape index (κ1) is 19.5. The fourth-order valence-electron chi connectivity index (χ4n) is 2.30. The third kappa shape index (κ3) is 6.58. The fourth-order valence-corrected chi connectivity index (χ4v) is 2.30. The summed E-state index contributed by atoms with van der Waals surface area (Å²) in [5, 5.41) is 13.5. The van der Waals surface area contributed by atoms with Crippen LogP contribution in [0.15, 0.2) is 47.7 Å². The van der Waals surface area contributed by atoms with Crippen LogP contribution in [0.3, 0.4) is 0 Å². The van der Waals surface area contributed by atoms with E-state index in [1.54, 1.807) is 6.20 Å². The third-order valence-corrected chi connectivity index (χ3v) is 3.35. The average Bonchev–Trinajstić information content (AvgIpc) is 3.05. The summed E-state index contributed by atoms with van der Waals surface area (Å²) in [4.78, 5) is 16.5. The molecule has 1 amide bonds. The second-order valence-corrected chi connectivity index (χ2v) is 6.98. The number of guanidine groups is 1. The Morgan fingerprint density at radius 2 is 1.92 bits per heavy atom. The van der Waals surface area contributed by atoms with E-state index in [9.17, 15) is 4.79 Å². The molecule has 0 aliphatic carbocycles. The van der Waals surface area contributed by atoms with Crippen LogP contribution in [0.4, 0.5) is 0 Å². The van der Waals surface area contributed by atoms with Crippen LogP contribution in [0.25, 0.3) is 5.69 Å². The van der Waals surface area contributed by atoms with E-state index in [1.165, 1.54) is 0 Å². The summed E-state index contributed by atoms with van der Waals surface area (Å²) in [6, 6.07) is 9.93. The lowest BCUT2D eigenvalue weighted by molar-refractivity contribution is -0.121. The molecule has 26 heavy (non-hydrogen) atoms. The maximum absolute atomic E-state index is 11.9. The Balaban J connectivity index is 1.94. The molecule has 1 aromatic heterocycles. The summed E-state index contributed by atoms with van der Waals surface area (Å²) in [5.74, 6) is 0.532. The highest BCUT2D eigenvalue weighted by Crippen LogP contribution is 2.08. The Morgan fingerprint density at radius 1 is 1.19 bits per heavy atom. The number of nitrogens with one attached hydrogen (secondary N) is 3. The van der Waals surface area contributed by atoms with E-state index in [4.69, 9.17) is 0 Å². The van der Waals surface area contributed by atoms with Crippen LogP contribution in [0.2, 0.25) is 0 Å². The van der Waals surface area contributed by atoms with Gasteiger partial charge in [0.2, 0.25) is 5.91 Å². The van der Waals surface area contributed by atoms with Gasteiger partial charge in [-0.3, -0.25) is 4.79 Å². The number of hydrogen-bond donors (Lipinski definition) is 3. The molecule has 7 nitrogen and oxygen atoms in total. The molecule has 0 spiro atoms. The minimum atomic E-state index is -0.250. The van der Waals surface area contributed by atoms with Gasteiger partial charge in [-0.15, -0.1) is 0 Å². The quantitative estimate of drug-likeness (QED) is 0.545. The number of rotatable bonds is 6. The van der Waals surface area contributed by atoms with Crippen molar-refractivity contribution in [3.63, 3.8) is 0 Å². The van der Waals surface area contributed by atoms with E-state index >= 15 is 0 Å². The number of aliphatic imine (C=N–C) groups is 1. The topological polar surface area (TPSA) is 83.3 Å². The van der Waals surface area contributed by atoms with Crippen molar-refractivity contribution in [1.82, 2.24) is 25.7 Å². The van der Waals surface area contributed by atoms with Crippen molar-refractivity contribution in [3.8, 4) is 5.69 Å². The number of hydrogen-bond acceptors (Lipinski definition) is 3. The molecule has 0 fully saturated rings. The first-order valence-electron chi connectivity index (χ1n) is 8.79. The van der Waals surface area contributed by atoms with Crippen molar-refractivity contribution in [2.24, 2.45) is 4.99 Å². The van der Waals surface area contributed by atoms with Crippen LogP contribution in [0.5, 0.6) is 0 Å².